The lowest BCUT2D eigenvalue weighted by atomic mass is 9.75. The molecule has 0 fully saturated rings. The first kappa shape index (κ1) is 11.8. The summed E-state index contributed by atoms with van der Waals surface area (Å²) in [5.74, 6) is -0.742. The van der Waals surface area contributed by atoms with Crippen LogP contribution >= 0.6 is 15.9 Å². The molecule has 1 atom stereocenters. The average molecular weight is 308 g/mol. The fourth-order valence-electron chi connectivity index (χ4n) is 2.92. The second-order valence-corrected chi connectivity index (χ2v) is 6.07. The van der Waals surface area contributed by atoms with Crippen LogP contribution in [0.25, 0.3) is 10.9 Å². The van der Waals surface area contributed by atoms with Crippen molar-refractivity contribution in [1.29, 1.82) is 0 Å². The van der Waals surface area contributed by atoms with Gasteiger partial charge in [-0.1, -0.05) is 22.0 Å². The Hall–Kier alpha value is -1.29. The van der Waals surface area contributed by atoms with Gasteiger partial charge in [0.1, 0.15) is 5.41 Å². The van der Waals surface area contributed by atoms with Gasteiger partial charge in [-0.25, -0.2) is 0 Å². The normalized spacial score (nSPS) is 23.0. The summed E-state index contributed by atoms with van der Waals surface area (Å²) in [7, 11) is 0. The molecule has 1 aromatic heterocycles. The van der Waals surface area contributed by atoms with E-state index in [1.165, 1.54) is 5.56 Å². The van der Waals surface area contributed by atoms with Crippen LogP contribution in [0.3, 0.4) is 0 Å². The summed E-state index contributed by atoms with van der Waals surface area (Å²) in [4.78, 5) is 14.9. The van der Waals surface area contributed by atoms with Gasteiger partial charge >= 0.3 is 5.97 Å². The Bertz CT molecular complexity index is 647. The predicted octanol–water partition coefficient (Wildman–Crippen LogP) is 3.61. The van der Waals surface area contributed by atoms with E-state index in [2.05, 4.69) is 27.0 Å². The van der Waals surface area contributed by atoms with Crippen molar-refractivity contribution in [3.05, 3.63) is 33.9 Å². The van der Waals surface area contributed by atoms with E-state index >= 15 is 0 Å². The van der Waals surface area contributed by atoms with E-state index in [0.717, 1.165) is 33.9 Å². The third kappa shape index (κ3) is 1.52. The third-order valence-electron chi connectivity index (χ3n) is 4.00. The Kier molecular flexibility index (Phi) is 2.52. The van der Waals surface area contributed by atoms with Crippen molar-refractivity contribution in [2.24, 2.45) is 0 Å². The maximum absolute atomic E-state index is 11.6. The summed E-state index contributed by atoms with van der Waals surface area (Å²) in [6.45, 7) is 1.82. The number of H-pyrrole nitrogens is 1. The number of aromatic amines is 1. The van der Waals surface area contributed by atoms with E-state index in [4.69, 9.17) is 0 Å². The minimum Gasteiger partial charge on any atom is -0.481 e. The van der Waals surface area contributed by atoms with E-state index in [-0.39, 0.29) is 0 Å². The lowest BCUT2D eigenvalue weighted by Gasteiger charge is -2.29. The average Bonchev–Trinajstić information content (AvgIpc) is 2.68. The van der Waals surface area contributed by atoms with Crippen LogP contribution < -0.4 is 0 Å². The van der Waals surface area contributed by atoms with Crippen molar-refractivity contribution in [1.82, 2.24) is 4.98 Å². The van der Waals surface area contributed by atoms with Crippen LogP contribution in [-0.2, 0) is 16.6 Å². The zero-order valence-electron chi connectivity index (χ0n) is 10.1. The summed E-state index contributed by atoms with van der Waals surface area (Å²) in [6.07, 6.45) is 2.59. The topological polar surface area (TPSA) is 53.1 Å². The van der Waals surface area contributed by atoms with E-state index < -0.39 is 11.4 Å². The van der Waals surface area contributed by atoms with Crippen molar-refractivity contribution < 1.29 is 9.90 Å². The molecule has 0 aliphatic heterocycles. The number of halogens is 1. The Morgan fingerprint density at radius 1 is 1.50 bits per heavy atom. The second kappa shape index (κ2) is 3.85. The molecule has 2 aromatic rings. The molecular weight excluding hydrogens is 294 g/mol. The van der Waals surface area contributed by atoms with Crippen molar-refractivity contribution in [2.45, 2.75) is 31.6 Å². The van der Waals surface area contributed by atoms with Gasteiger partial charge in [0, 0.05) is 21.1 Å². The van der Waals surface area contributed by atoms with Gasteiger partial charge in [-0.05, 0) is 43.9 Å². The van der Waals surface area contributed by atoms with Gasteiger partial charge in [-0.15, -0.1) is 0 Å². The largest absolute Gasteiger partial charge is 0.481 e. The number of hydrogen-bond donors (Lipinski definition) is 2. The Morgan fingerprint density at radius 3 is 3.00 bits per heavy atom. The first-order valence-electron chi connectivity index (χ1n) is 6.06. The molecule has 1 heterocycles. The second-order valence-electron chi connectivity index (χ2n) is 5.16. The third-order valence-corrected chi connectivity index (χ3v) is 4.49. The number of fused-ring (bicyclic) bond motifs is 3. The molecule has 0 spiro atoms. The number of hydrogen-bond acceptors (Lipinski definition) is 1. The van der Waals surface area contributed by atoms with Gasteiger partial charge in [-0.3, -0.25) is 4.79 Å². The van der Waals surface area contributed by atoms with Crippen LogP contribution in [0.1, 0.15) is 31.0 Å². The summed E-state index contributed by atoms with van der Waals surface area (Å²) >= 11 is 3.45. The van der Waals surface area contributed by atoms with Gasteiger partial charge in [0.05, 0.1) is 0 Å². The number of rotatable bonds is 1. The number of carboxylic acids is 1. The van der Waals surface area contributed by atoms with Crippen LogP contribution in [0.5, 0.6) is 0 Å². The SMILES string of the molecule is CC1(C(=O)O)CCCc2c1[nH]c1cc(Br)ccc21. The summed E-state index contributed by atoms with van der Waals surface area (Å²) in [6, 6.07) is 6.07. The molecule has 4 heteroatoms. The minimum absolute atomic E-state index is 0.698. The molecule has 1 aliphatic carbocycles. The summed E-state index contributed by atoms with van der Waals surface area (Å²) in [5.41, 5.74) is 2.30. The molecule has 1 aliphatic rings. The molecule has 0 radical (unpaired) electrons. The van der Waals surface area contributed by atoms with Crippen LogP contribution in [0.4, 0.5) is 0 Å². The number of benzene rings is 1. The molecule has 1 unspecified atom stereocenters. The van der Waals surface area contributed by atoms with E-state index in [9.17, 15) is 9.90 Å². The zero-order chi connectivity index (χ0) is 12.9. The fourth-order valence-corrected chi connectivity index (χ4v) is 3.28. The predicted molar refractivity (Wildman–Crippen MR) is 73.9 cm³/mol. The molecule has 0 amide bonds. The Labute approximate surface area is 113 Å². The molecule has 3 rings (SSSR count). The lowest BCUT2D eigenvalue weighted by Crippen LogP contribution is -2.36. The van der Waals surface area contributed by atoms with E-state index in [1.54, 1.807) is 0 Å². The van der Waals surface area contributed by atoms with Crippen LogP contribution in [0.2, 0.25) is 0 Å². The quantitative estimate of drug-likeness (QED) is 0.845. The smallest absolute Gasteiger partial charge is 0.315 e. The van der Waals surface area contributed by atoms with Gasteiger partial charge in [0.2, 0.25) is 0 Å². The number of carboxylic acid groups (broad SMARTS) is 1. The minimum atomic E-state index is -0.779. The van der Waals surface area contributed by atoms with Crippen LogP contribution in [0, 0.1) is 0 Å². The number of aliphatic carboxylic acids is 1. The van der Waals surface area contributed by atoms with Crippen molar-refractivity contribution >= 4 is 32.8 Å². The highest BCUT2D eigenvalue weighted by Crippen LogP contribution is 2.40. The monoisotopic (exact) mass is 307 g/mol. The molecule has 0 saturated carbocycles. The van der Waals surface area contributed by atoms with E-state index in [0.29, 0.717) is 6.42 Å². The van der Waals surface area contributed by atoms with Crippen molar-refractivity contribution in [3.8, 4) is 0 Å². The molecule has 0 bridgehead atoms. The lowest BCUT2D eigenvalue weighted by molar-refractivity contribution is -0.143. The standard InChI is InChI=1S/C14H14BrNO2/c1-14(13(17)18)6-2-3-10-9-5-4-8(15)7-11(9)16-12(10)14/h4-5,7,16H,2-3,6H2,1H3,(H,17,18). The van der Waals surface area contributed by atoms with Crippen LogP contribution in [0.15, 0.2) is 22.7 Å². The van der Waals surface area contributed by atoms with Crippen molar-refractivity contribution in [3.63, 3.8) is 0 Å². The highest BCUT2D eigenvalue weighted by molar-refractivity contribution is 9.10. The molecule has 1 aromatic carbocycles. The van der Waals surface area contributed by atoms with Crippen molar-refractivity contribution in [2.75, 3.05) is 0 Å². The maximum Gasteiger partial charge on any atom is 0.315 e. The molecule has 2 N–H and O–H groups in total. The molecule has 94 valence electrons. The fraction of sp³-hybridized carbons (Fsp3) is 0.357. The molecule has 0 saturated heterocycles. The molecule has 18 heavy (non-hydrogen) atoms. The molecule has 3 nitrogen and oxygen atoms in total. The highest BCUT2D eigenvalue weighted by Gasteiger charge is 2.41. The number of carbonyl (C=O) groups is 1. The Morgan fingerprint density at radius 2 is 2.28 bits per heavy atom. The first-order chi connectivity index (χ1) is 8.52. The highest BCUT2D eigenvalue weighted by atomic mass is 79.9. The van der Waals surface area contributed by atoms with Gasteiger partial charge < -0.3 is 10.1 Å². The summed E-state index contributed by atoms with van der Waals surface area (Å²) < 4.78 is 1.01. The summed E-state index contributed by atoms with van der Waals surface area (Å²) in [5, 5.41) is 10.6. The first-order valence-corrected chi connectivity index (χ1v) is 6.85. The van der Waals surface area contributed by atoms with Gasteiger partial charge in [0.25, 0.3) is 0 Å². The number of aromatic nitrogens is 1. The van der Waals surface area contributed by atoms with Crippen LogP contribution in [-0.4, -0.2) is 16.1 Å². The molecular formula is C14H14BrNO2. The van der Waals surface area contributed by atoms with Gasteiger partial charge in [-0.2, -0.15) is 0 Å². The van der Waals surface area contributed by atoms with E-state index in [1.807, 2.05) is 19.1 Å². The number of aryl methyl sites for hydroxylation is 1. The maximum atomic E-state index is 11.6. The Balaban J connectivity index is 2.31. The zero-order valence-corrected chi connectivity index (χ0v) is 11.7. The number of nitrogens with one attached hydrogen (secondary N) is 1. The van der Waals surface area contributed by atoms with Gasteiger partial charge in [0.15, 0.2) is 0 Å².